The van der Waals surface area contributed by atoms with Gasteiger partial charge in [0.25, 0.3) is 5.91 Å². The monoisotopic (exact) mass is 347 g/mol. The van der Waals surface area contributed by atoms with Gasteiger partial charge in [-0.3, -0.25) is 4.79 Å². The van der Waals surface area contributed by atoms with Gasteiger partial charge in [0.15, 0.2) is 0 Å². The summed E-state index contributed by atoms with van der Waals surface area (Å²) in [7, 11) is -3.17. The van der Waals surface area contributed by atoms with Crippen LogP contribution in [-0.2, 0) is 10.0 Å². The van der Waals surface area contributed by atoms with E-state index in [-0.39, 0.29) is 24.0 Å². The highest BCUT2D eigenvalue weighted by molar-refractivity contribution is 7.88. The number of amides is 1. The predicted molar refractivity (Wildman–Crippen MR) is 92.3 cm³/mol. The standard InChI is InChI=1S/C17H21N3O3S/c1-24(22,23)20-14-3-4-15(20)10-13(9-14)19-17(21)12-2-5-16-11(8-12)6-7-18-16/h2,5-8,13-15,18H,3-4,9-10H2,1H3,(H,19,21)/t14-,15-/m0/s1. The molecule has 1 aromatic carbocycles. The summed E-state index contributed by atoms with van der Waals surface area (Å²) in [6.07, 6.45) is 6.30. The van der Waals surface area contributed by atoms with E-state index in [4.69, 9.17) is 0 Å². The van der Waals surface area contributed by atoms with Gasteiger partial charge in [0, 0.05) is 40.8 Å². The van der Waals surface area contributed by atoms with Crippen LogP contribution in [0.4, 0.5) is 0 Å². The first kappa shape index (κ1) is 15.7. The molecule has 2 bridgehead atoms. The van der Waals surface area contributed by atoms with Gasteiger partial charge < -0.3 is 10.3 Å². The van der Waals surface area contributed by atoms with Gasteiger partial charge in [0.2, 0.25) is 10.0 Å². The molecule has 24 heavy (non-hydrogen) atoms. The second-order valence-electron chi connectivity index (χ2n) is 6.90. The number of nitrogens with zero attached hydrogens (tertiary/aromatic N) is 1. The molecular weight excluding hydrogens is 326 g/mol. The molecule has 2 saturated heterocycles. The van der Waals surface area contributed by atoms with E-state index in [0.29, 0.717) is 18.4 Å². The van der Waals surface area contributed by atoms with Crippen molar-refractivity contribution in [3.63, 3.8) is 0 Å². The molecule has 2 N–H and O–H groups in total. The molecule has 2 aliphatic heterocycles. The highest BCUT2D eigenvalue weighted by Gasteiger charge is 2.45. The molecule has 3 heterocycles. The van der Waals surface area contributed by atoms with Crippen molar-refractivity contribution in [2.24, 2.45) is 0 Å². The van der Waals surface area contributed by atoms with E-state index >= 15 is 0 Å². The Morgan fingerprint density at radius 3 is 2.58 bits per heavy atom. The van der Waals surface area contributed by atoms with Crippen molar-refractivity contribution in [2.75, 3.05) is 6.26 Å². The third kappa shape index (κ3) is 2.71. The zero-order valence-corrected chi connectivity index (χ0v) is 14.3. The van der Waals surface area contributed by atoms with Crippen LogP contribution in [0.15, 0.2) is 30.5 Å². The van der Waals surface area contributed by atoms with Crippen molar-refractivity contribution in [2.45, 2.75) is 43.8 Å². The first-order chi connectivity index (χ1) is 11.4. The number of aromatic nitrogens is 1. The minimum absolute atomic E-state index is 0.0243. The lowest BCUT2D eigenvalue weighted by Gasteiger charge is -2.37. The number of hydrogen-bond acceptors (Lipinski definition) is 3. The van der Waals surface area contributed by atoms with E-state index in [9.17, 15) is 13.2 Å². The Kier molecular flexibility index (Phi) is 3.65. The first-order valence-corrected chi connectivity index (χ1v) is 10.1. The molecule has 2 atom stereocenters. The zero-order chi connectivity index (χ0) is 16.9. The molecule has 1 amide bonds. The molecular formula is C17H21N3O3S. The molecule has 2 fully saturated rings. The maximum atomic E-state index is 12.5. The van der Waals surface area contributed by atoms with Crippen molar-refractivity contribution >= 4 is 26.8 Å². The van der Waals surface area contributed by atoms with Crippen LogP contribution in [0.3, 0.4) is 0 Å². The van der Waals surface area contributed by atoms with Crippen molar-refractivity contribution in [3.05, 3.63) is 36.0 Å². The van der Waals surface area contributed by atoms with E-state index in [2.05, 4.69) is 10.3 Å². The molecule has 1 aromatic heterocycles. The topological polar surface area (TPSA) is 82.3 Å². The number of benzene rings is 1. The molecule has 2 aliphatic rings. The van der Waals surface area contributed by atoms with Gasteiger partial charge >= 0.3 is 0 Å². The van der Waals surface area contributed by atoms with Crippen LogP contribution in [0.1, 0.15) is 36.0 Å². The van der Waals surface area contributed by atoms with Crippen molar-refractivity contribution < 1.29 is 13.2 Å². The minimum atomic E-state index is -3.17. The van der Waals surface area contributed by atoms with Crippen LogP contribution in [0.5, 0.6) is 0 Å². The van der Waals surface area contributed by atoms with Crippen LogP contribution < -0.4 is 5.32 Å². The second kappa shape index (κ2) is 5.60. The summed E-state index contributed by atoms with van der Waals surface area (Å²) in [5.74, 6) is -0.0877. The van der Waals surface area contributed by atoms with Gasteiger partial charge in [0.05, 0.1) is 6.26 Å². The highest BCUT2D eigenvalue weighted by atomic mass is 32.2. The van der Waals surface area contributed by atoms with Crippen molar-refractivity contribution in [1.29, 1.82) is 0 Å². The summed E-state index contributed by atoms with van der Waals surface area (Å²) < 4.78 is 25.5. The van der Waals surface area contributed by atoms with Crippen molar-refractivity contribution in [1.82, 2.24) is 14.6 Å². The number of hydrogen-bond donors (Lipinski definition) is 2. The molecule has 0 saturated carbocycles. The predicted octanol–water partition coefficient (Wildman–Crippen LogP) is 1.85. The summed E-state index contributed by atoms with van der Waals surface area (Å²) in [6, 6.07) is 7.62. The lowest BCUT2D eigenvalue weighted by molar-refractivity contribution is 0.0909. The van der Waals surface area contributed by atoms with Gasteiger partial charge in [0.1, 0.15) is 0 Å². The number of piperidine rings is 1. The van der Waals surface area contributed by atoms with E-state index in [0.717, 1.165) is 23.7 Å². The number of H-pyrrole nitrogens is 1. The van der Waals surface area contributed by atoms with Gasteiger partial charge in [-0.25, -0.2) is 8.42 Å². The van der Waals surface area contributed by atoms with E-state index in [1.807, 2.05) is 30.5 Å². The molecule has 6 nitrogen and oxygen atoms in total. The highest BCUT2D eigenvalue weighted by Crippen LogP contribution is 2.37. The molecule has 4 rings (SSSR count). The van der Waals surface area contributed by atoms with Crippen molar-refractivity contribution in [3.8, 4) is 0 Å². The van der Waals surface area contributed by atoms with Gasteiger partial charge in [-0.2, -0.15) is 4.31 Å². The number of carbonyl (C=O) groups is 1. The van der Waals surface area contributed by atoms with Crippen LogP contribution in [0.2, 0.25) is 0 Å². The fourth-order valence-corrected chi connectivity index (χ4v) is 5.72. The van der Waals surface area contributed by atoms with Crippen LogP contribution in [0.25, 0.3) is 10.9 Å². The number of sulfonamides is 1. The normalized spacial score (nSPS) is 27.5. The molecule has 0 aliphatic carbocycles. The smallest absolute Gasteiger partial charge is 0.251 e. The summed E-state index contributed by atoms with van der Waals surface area (Å²) >= 11 is 0. The molecule has 0 unspecified atom stereocenters. The van der Waals surface area contributed by atoms with Gasteiger partial charge in [-0.15, -0.1) is 0 Å². The van der Waals surface area contributed by atoms with Crippen LogP contribution >= 0.6 is 0 Å². The Balaban J connectivity index is 1.47. The van der Waals surface area contributed by atoms with E-state index in [1.165, 1.54) is 6.26 Å². The average molecular weight is 347 g/mol. The SMILES string of the molecule is CS(=O)(=O)N1[C@H]2CC[C@H]1CC(NC(=O)c1ccc3[nH]ccc3c1)C2. The lowest BCUT2D eigenvalue weighted by Crippen LogP contribution is -2.52. The number of carbonyl (C=O) groups excluding carboxylic acids is 1. The molecule has 7 heteroatoms. The zero-order valence-electron chi connectivity index (χ0n) is 13.5. The Morgan fingerprint density at radius 1 is 1.21 bits per heavy atom. The second-order valence-corrected chi connectivity index (χ2v) is 8.79. The minimum Gasteiger partial charge on any atom is -0.361 e. The molecule has 128 valence electrons. The summed E-state index contributed by atoms with van der Waals surface area (Å²) in [5, 5.41) is 4.10. The quantitative estimate of drug-likeness (QED) is 0.889. The fraction of sp³-hybridized carbons (Fsp3) is 0.471. The van der Waals surface area contributed by atoms with Gasteiger partial charge in [-0.05, 0) is 49.9 Å². The van der Waals surface area contributed by atoms with Crippen LogP contribution in [0, 0.1) is 0 Å². The molecule has 0 radical (unpaired) electrons. The summed E-state index contributed by atoms with van der Waals surface area (Å²) in [6.45, 7) is 0. The number of fused-ring (bicyclic) bond motifs is 3. The first-order valence-electron chi connectivity index (χ1n) is 8.28. The van der Waals surface area contributed by atoms with E-state index in [1.54, 1.807) is 4.31 Å². The average Bonchev–Trinajstić information content (AvgIpc) is 3.09. The largest absolute Gasteiger partial charge is 0.361 e. The third-order valence-corrected chi connectivity index (χ3v) is 6.56. The summed E-state index contributed by atoms with van der Waals surface area (Å²) in [5.41, 5.74) is 1.64. The Bertz CT molecular complexity index is 875. The Hall–Kier alpha value is -1.86. The van der Waals surface area contributed by atoms with E-state index < -0.39 is 10.0 Å². The third-order valence-electron chi connectivity index (χ3n) is 5.20. The fourth-order valence-electron chi connectivity index (χ4n) is 4.26. The number of nitrogens with one attached hydrogen (secondary N) is 2. The number of aromatic amines is 1. The van der Waals surface area contributed by atoms with Crippen LogP contribution in [-0.4, -0.2) is 48.0 Å². The molecule has 0 spiro atoms. The summed E-state index contributed by atoms with van der Waals surface area (Å²) in [4.78, 5) is 15.6. The Morgan fingerprint density at radius 2 is 1.92 bits per heavy atom. The maximum Gasteiger partial charge on any atom is 0.251 e. The van der Waals surface area contributed by atoms with Gasteiger partial charge in [-0.1, -0.05) is 0 Å². The lowest BCUT2D eigenvalue weighted by atomic mass is 9.99. The number of rotatable bonds is 3. The Labute approximate surface area is 141 Å². The molecule has 2 aromatic rings. The maximum absolute atomic E-state index is 12.5.